The summed E-state index contributed by atoms with van der Waals surface area (Å²) in [5.74, 6) is 1.44. The summed E-state index contributed by atoms with van der Waals surface area (Å²) in [7, 11) is 0. The predicted molar refractivity (Wildman–Crippen MR) is 74.2 cm³/mol. The van der Waals surface area contributed by atoms with E-state index < -0.39 is 0 Å². The number of hydrogen-bond donors (Lipinski definition) is 1. The summed E-state index contributed by atoms with van der Waals surface area (Å²) >= 11 is 0. The van der Waals surface area contributed by atoms with E-state index in [1.165, 1.54) is 0 Å². The molecule has 1 N–H and O–H groups in total. The first-order valence-corrected chi connectivity index (χ1v) is 6.90. The molecular formula is C14H19N5O. The van der Waals surface area contributed by atoms with Gasteiger partial charge in [0.25, 0.3) is 0 Å². The van der Waals surface area contributed by atoms with Gasteiger partial charge in [0.05, 0.1) is 6.20 Å². The number of imidazole rings is 1. The van der Waals surface area contributed by atoms with Crippen molar-refractivity contribution in [2.75, 3.05) is 13.1 Å². The Hall–Kier alpha value is -2.11. The molecule has 0 unspecified atom stereocenters. The van der Waals surface area contributed by atoms with Crippen LogP contribution < -0.4 is 0 Å². The van der Waals surface area contributed by atoms with Crippen molar-refractivity contribution in [3.8, 4) is 0 Å². The molecular weight excluding hydrogens is 254 g/mol. The van der Waals surface area contributed by atoms with Crippen LogP contribution in [-0.2, 0) is 11.3 Å². The Morgan fingerprint density at radius 1 is 1.45 bits per heavy atom. The lowest BCUT2D eigenvalue weighted by Crippen LogP contribution is -2.31. The van der Waals surface area contributed by atoms with Crippen LogP contribution in [0.15, 0.2) is 18.6 Å². The summed E-state index contributed by atoms with van der Waals surface area (Å²) in [5.41, 5.74) is 2.14. The number of likely N-dealkylation sites (tertiary alicyclic amines) is 1. The van der Waals surface area contributed by atoms with E-state index in [0.717, 1.165) is 36.6 Å². The molecule has 20 heavy (non-hydrogen) atoms. The minimum Gasteiger partial charge on any atom is -0.346 e. The van der Waals surface area contributed by atoms with Gasteiger partial charge in [0, 0.05) is 37.1 Å². The molecule has 1 saturated heterocycles. The maximum atomic E-state index is 12.2. The Morgan fingerprint density at radius 3 is 2.95 bits per heavy atom. The standard InChI is InChI=1S/C14H19N5O/c1-10-5-16-19(7-10)9-13(20)18-4-3-12(8-18)14-15-6-11(2)17-14/h5-7,12H,3-4,8-9H2,1-2H3,(H,15,17)/t12-/m1/s1. The topological polar surface area (TPSA) is 66.8 Å². The third kappa shape index (κ3) is 2.59. The molecule has 1 amide bonds. The second-order valence-electron chi connectivity index (χ2n) is 5.49. The van der Waals surface area contributed by atoms with Crippen molar-refractivity contribution in [1.29, 1.82) is 0 Å². The van der Waals surface area contributed by atoms with E-state index in [9.17, 15) is 4.79 Å². The average molecular weight is 273 g/mol. The summed E-state index contributed by atoms with van der Waals surface area (Å²) in [6, 6.07) is 0. The highest BCUT2D eigenvalue weighted by atomic mass is 16.2. The van der Waals surface area contributed by atoms with Crippen molar-refractivity contribution in [3.63, 3.8) is 0 Å². The van der Waals surface area contributed by atoms with Gasteiger partial charge in [-0.15, -0.1) is 0 Å². The first-order valence-electron chi connectivity index (χ1n) is 6.90. The number of nitrogens with one attached hydrogen (secondary N) is 1. The summed E-state index contributed by atoms with van der Waals surface area (Å²) in [6.45, 7) is 5.82. The fraction of sp³-hybridized carbons (Fsp3) is 0.500. The summed E-state index contributed by atoms with van der Waals surface area (Å²) in [5, 5.41) is 4.16. The van der Waals surface area contributed by atoms with Gasteiger partial charge in [0.2, 0.25) is 5.91 Å². The molecule has 0 saturated carbocycles. The van der Waals surface area contributed by atoms with Crippen LogP contribution in [0.2, 0.25) is 0 Å². The highest BCUT2D eigenvalue weighted by molar-refractivity contribution is 5.76. The van der Waals surface area contributed by atoms with Gasteiger partial charge in [-0.3, -0.25) is 9.48 Å². The first kappa shape index (κ1) is 12.9. The van der Waals surface area contributed by atoms with E-state index in [-0.39, 0.29) is 5.91 Å². The van der Waals surface area contributed by atoms with Crippen molar-refractivity contribution in [2.45, 2.75) is 32.7 Å². The zero-order chi connectivity index (χ0) is 14.1. The van der Waals surface area contributed by atoms with Gasteiger partial charge in [-0.1, -0.05) is 0 Å². The third-order valence-electron chi connectivity index (χ3n) is 3.71. The molecule has 2 aromatic rings. The van der Waals surface area contributed by atoms with Gasteiger partial charge in [0.15, 0.2) is 0 Å². The molecule has 3 rings (SSSR count). The number of carbonyl (C=O) groups is 1. The normalized spacial score (nSPS) is 18.7. The smallest absolute Gasteiger partial charge is 0.244 e. The predicted octanol–water partition coefficient (Wildman–Crippen LogP) is 1.24. The fourth-order valence-corrected chi connectivity index (χ4v) is 2.64. The Morgan fingerprint density at radius 2 is 2.30 bits per heavy atom. The van der Waals surface area contributed by atoms with Crippen LogP contribution in [0.25, 0.3) is 0 Å². The van der Waals surface area contributed by atoms with Gasteiger partial charge in [-0.2, -0.15) is 5.10 Å². The Labute approximate surface area is 117 Å². The van der Waals surface area contributed by atoms with E-state index in [1.807, 2.05) is 31.1 Å². The molecule has 1 aliphatic heterocycles. The van der Waals surface area contributed by atoms with E-state index in [1.54, 1.807) is 10.9 Å². The van der Waals surface area contributed by atoms with E-state index >= 15 is 0 Å². The van der Waals surface area contributed by atoms with Gasteiger partial charge >= 0.3 is 0 Å². The SMILES string of the molecule is Cc1cnn(CC(=O)N2CC[C@@H](c3ncc(C)[nH]3)C2)c1. The van der Waals surface area contributed by atoms with Crippen LogP contribution in [0.1, 0.15) is 29.4 Å². The molecule has 6 heteroatoms. The number of hydrogen-bond acceptors (Lipinski definition) is 3. The van der Waals surface area contributed by atoms with Crippen LogP contribution in [0.4, 0.5) is 0 Å². The largest absolute Gasteiger partial charge is 0.346 e. The number of H-pyrrole nitrogens is 1. The zero-order valence-electron chi connectivity index (χ0n) is 11.8. The monoisotopic (exact) mass is 273 g/mol. The molecule has 1 aliphatic rings. The van der Waals surface area contributed by atoms with Crippen molar-refractivity contribution in [2.24, 2.45) is 0 Å². The number of rotatable bonds is 3. The molecule has 6 nitrogen and oxygen atoms in total. The number of nitrogens with zero attached hydrogens (tertiary/aromatic N) is 4. The van der Waals surface area contributed by atoms with Crippen LogP contribution in [0.5, 0.6) is 0 Å². The van der Waals surface area contributed by atoms with E-state index in [0.29, 0.717) is 12.5 Å². The summed E-state index contributed by atoms with van der Waals surface area (Å²) in [6.07, 6.45) is 6.47. The van der Waals surface area contributed by atoms with E-state index in [4.69, 9.17) is 0 Å². The molecule has 0 radical (unpaired) electrons. The number of aromatic amines is 1. The first-order chi connectivity index (χ1) is 9.61. The lowest BCUT2D eigenvalue weighted by atomic mass is 10.1. The summed E-state index contributed by atoms with van der Waals surface area (Å²) in [4.78, 5) is 21.8. The van der Waals surface area contributed by atoms with Crippen LogP contribution >= 0.6 is 0 Å². The van der Waals surface area contributed by atoms with Crippen LogP contribution in [-0.4, -0.2) is 43.6 Å². The van der Waals surface area contributed by atoms with Crippen LogP contribution in [0, 0.1) is 13.8 Å². The quantitative estimate of drug-likeness (QED) is 0.915. The maximum Gasteiger partial charge on any atom is 0.244 e. The molecule has 0 bridgehead atoms. The molecule has 0 aliphatic carbocycles. The molecule has 1 fully saturated rings. The zero-order valence-corrected chi connectivity index (χ0v) is 11.8. The molecule has 0 spiro atoms. The van der Waals surface area contributed by atoms with Gasteiger partial charge in [-0.25, -0.2) is 4.98 Å². The lowest BCUT2D eigenvalue weighted by Gasteiger charge is -2.16. The number of aryl methyl sites for hydroxylation is 2. The van der Waals surface area contributed by atoms with Gasteiger partial charge < -0.3 is 9.88 Å². The Bertz CT molecular complexity index is 615. The number of carbonyl (C=O) groups excluding carboxylic acids is 1. The third-order valence-corrected chi connectivity index (χ3v) is 3.71. The van der Waals surface area contributed by atoms with Crippen molar-refractivity contribution >= 4 is 5.91 Å². The molecule has 3 heterocycles. The Kier molecular flexibility index (Phi) is 3.30. The second kappa shape index (κ2) is 5.11. The van der Waals surface area contributed by atoms with Crippen molar-refractivity contribution < 1.29 is 4.79 Å². The number of amides is 1. The van der Waals surface area contributed by atoms with Gasteiger partial charge in [-0.05, 0) is 25.8 Å². The second-order valence-corrected chi connectivity index (χ2v) is 5.49. The molecule has 106 valence electrons. The van der Waals surface area contributed by atoms with Gasteiger partial charge in [0.1, 0.15) is 12.4 Å². The van der Waals surface area contributed by atoms with Crippen LogP contribution in [0.3, 0.4) is 0 Å². The average Bonchev–Trinajstić information content (AvgIpc) is 3.10. The Balaban J connectivity index is 1.60. The number of aromatic nitrogens is 4. The molecule has 2 aromatic heterocycles. The molecule has 0 aromatic carbocycles. The highest BCUT2D eigenvalue weighted by Crippen LogP contribution is 2.25. The van der Waals surface area contributed by atoms with Crippen molar-refractivity contribution in [3.05, 3.63) is 35.7 Å². The maximum absolute atomic E-state index is 12.2. The minimum atomic E-state index is 0.124. The minimum absolute atomic E-state index is 0.124. The van der Waals surface area contributed by atoms with E-state index in [2.05, 4.69) is 15.1 Å². The fourth-order valence-electron chi connectivity index (χ4n) is 2.64. The lowest BCUT2D eigenvalue weighted by molar-refractivity contribution is -0.131. The highest BCUT2D eigenvalue weighted by Gasteiger charge is 2.28. The summed E-state index contributed by atoms with van der Waals surface area (Å²) < 4.78 is 1.70. The molecule has 1 atom stereocenters. The van der Waals surface area contributed by atoms with Crippen molar-refractivity contribution in [1.82, 2.24) is 24.6 Å².